The van der Waals surface area contributed by atoms with Gasteiger partial charge in [-0.1, -0.05) is 18.2 Å². The molecule has 19 heavy (non-hydrogen) atoms. The van der Waals surface area contributed by atoms with Crippen molar-refractivity contribution in [1.82, 2.24) is 9.88 Å². The molecule has 4 nitrogen and oxygen atoms in total. The second kappa shape index (κ2) is 5.05. The summed E-state index contributed by atoms with van der Waals surface area (Å²) in [7, 11) is 1.56. The quantitative estimate of drug-likeness (QED) is 0.892. The highest BCUT2D eigenvalue weighted by molar-refractivity contribution is 5.85. The molecule has 1 N–H and O–H groups in total. The van der Waals surface area contributed by atoms with Gasteiger partial charge in [0.2, 0.25) is 5.91 Å². The second-order valence-electron chi connectivity index (χ2n) is 4.94. The van der Waals surface area contributed by atoms with Gasteiger partial charge in [0.15, 0.2) is 0 Å². The normalized spacial score (nSPS) is 15.3. The van der Waals surface area contributed by atoms with Crippen LogP contribution in [0.15, 0.2) is 24.3 Å². The SMILES string of the molecule is COCC(=O)N1CCc2[nH]c3ccccc3c2CC1. The number of methoxy groups -OCH3 is 1. The van der Waals surface area contributed by atoms with E-state index in [0.29, 0.717) is 0 Å². The molecule has 0 saturated carbocycles. The first-order chi connectivity index (χ1) is 9.29. The van der Waals surface area contributed by atoms with E-state index in [9.17, 15) is 4.79 Å². The van der Waals surface area contributed by atoms with Gasteiger partial charge in [0.05, 0.1) is 0 Å². The number of rotatable bonds is 2. The zero-order chi connectivity index (χ0) is 13.2. The van der Waals surface area contributed by atoms with Crippen LogP contribution < -0.4 is 0 Å². The summed E-state index contributed by atoms with van der Waals surface area (Å²) in [4.78, 5) is 17.3. The average molecular weight is 258 g/mol. The fourth-order valence-electron chi connectivity index (χ4n) is 2.82. The van der Waals surface area contributed by atoms with Gasteiger partial charge in [-0.25, -0.2) is 0 Å². The number of aromatic amines is 1. The van der Waals surface area contributed by atoms with Crippen LogP contribution in [-0.4, -0.2) is 42.6 Å². The third-order valence-electron chi connectivity index (χ3n) is 3.79. The van der Waals surface area contributed by atoms with Crippen molar-refractivity contribution in [2.45, 2.75) is 12.8 Å². The number of ether oxygens (including phenoxy) is 1. The Morgan fingerprint density at radius 2 is 2.11 bits per heavy atom. The number of carbonyl (C=O) groups excluding carboxylic acids is 1. The zero-order valence-corrected chi connectivity index (χ0v) is 11.1. The Labute approximate surface area is 112 Å². The fourth-order valence-corrected chi connectivity index (χ4v) is 2.82. The van der Waals surface area contributed by atoms with E-state index >= 15 is 0 Å². The highest BCUT2D eigenvalue weighted by atomic mass is 16.5. The van der Waals surface area contributed by atoms with Gasteiger partial charge in [-0.2, -0.15) is 0 Å². The second-order valence-corrected chi connectivity index (χ2v) is 4.94. The summed E-state index contributed by atoms with van der Waals surface area (Å²) in [5, 5.41) is 1.29. The lowest BCUT2D eigenvalue weighted by molar-refractivity contribution is -0.135. The number of amides is 1. The third-order valence-corrected chi connectivity index (χ3v) is 3.79. The van der Waals surface area contributed by atoms with Gasteiger partial charge in [-0.15, -0.1) is 0 Å². The first kappa shape index (κ1) is 12.2. The summed E-state index contributed by atoms with van der Waals surface area (Å²) in [5.74, 6) is 0.0805. The lowest BCUT2D eigenvalue weighted by Crippen LogP contribution is -2.35. The molecule has 1 aromatic carbocycles. The van der Waals surface area contributed by atoms with E-state index in [2.05, 4.69) is 23.2 Å². The molecule has 2 aromatic rings. The number of H-pyrrole nitrogens is 1. The largest absolute Gasteiger partial charge is 0.375 e. The first-order valence-electron chi connectivity index (χ1n) is 6.65. The molecule has 0 unspecified atom stereocenters. The van der Waals surface area contributed by atoms with Gasteiger partial charge in [0, 0.05) is 43.2 Å². The maximum absolute atomic E-state index is 11.9. The minimum atomic E-state index is 0.0805. The van der Waals surface area contributed by atoms with Crippen LogP contribution in [0.4, 0.5) is 0 Å². The number of benzene rings is 1. The van der Waals surface area contributed by atoms with E-state index in [1.807, 2.05) is 11.0 Å². The minimum absolute atomic E-state index is 0.0805. The highest BCUT2D eigenvalue weighted by Crippen LogP contribution is 2.25. The third kappa shape index (κ3) is 2.24. The minimum Gasteiger partial charge on any atom is -0.375 e. The van der Waals surface area contributed by atoms with E-state index in [0.717, 1.165) is 25.9 Å². The molecule has 0 fully saturated rings. The van der Waals surface area contributed by atoms with E-state index in [1.165, 1.54) is 22.2 Å². The molecule has 3 rings (SSSR count). The van der Waals surface area contributed by atoms with E-state index in [1.54, 1.807) is 7.11 Å². The molecule has 0 bridgehead atoms. The van der Waals surface area contributed by atoms with E-state index in [-0.39, 0.29) is 12.5 Å². The maximum Gasteiger partial charge on any atom is 0.248 e. The van der Waals surface area contributed by atoms with Gasteiger partial charge >= 0.3 is 0 Å². The van der Waals surface area contributed by atoms with Crippen LogP contribution in [0.2, 0.25) is 0 Å². The van der Waals surface area contributed by atoms with Crippen molar-refractivity contribution in [3.05, 3.63) is 35.5 Å². The molecule has 1 aliphatic heterocycles. The molecule has 0 saturated heterocycles. The molecule has 0 atom stereocenters. The Kier molecular flexibility index (Phi) is 3.25. The Morgan fingerprint density at radius 3 is 2.95 bits per heavy atom. The monoisotopic (exact) mass is 258 g/mol. The van der Waals surface area contributed by atoms with Gasteiger partial charge in [-0.05, 0) is 18.1 Å². The van der Waals surface area contributed by atoms with Crippen LogP contribution >= 0.6 is 0 Å². The maximum atomic E-state index is 11.9. The molecule has 1 amide bonds. The van der Waals surface area contributed by atoms with Crippen LogP contribution in [0.1, 0.15) is 11.3 Å². The lowest BCUT2D eigenvalue weighted by Gasteiger charge is -2.19. The van der Waals surface area contributed by atoms with Crippen molar-refractivity contribution in [3.63, 3.8) is 0 Å². The van der Waals surface area contributed by atoms with Crippen molar-refractivity contribution in [1.29, 1.82) is 0 Å². The van der Waals surface area contributed by atoms with Crippen LogP contribution in [0.3, 0.4) is 0 Å². The molecule has 100 valence electrons. The summed E-state index contributed by atoms with van der Waals surface area (Å²) in [6.07, 6.45) is 1.80. The average Bonchev–Trinajstić information content (AvgIpc) is 2.63. The summed E-state index contributed by atoms with van der Waals surface area (Å²) in [5.41, 5.74) is 3.83. The Hall–Kier alpha value is -1.81. The fraction of sp³-hybridized carbons (Fsp3) is 0.400. The molecule has 0 aliphatic carbocycles. The number of nitrogens with zero attached hydrogens (tertiary/aromatic N) is 1. The molecule has 1 aliphatic rings. The van der Waals surface area contributed by atoms with Gasteiger partial charge in [-0.3, -0.25) is 4.79 Å². The Balaban J connectivity index is 1.85. The summed E-state index contributed by atoms with van der Waals surface area (Å²) in [6, 6.07) is 8.37. The Bertz CT molecular complexity index is 603. The van der Waals surface area contributed by atoms with Crippen LogP contribution in [0.25, 0.3) is 10.9 Å². The topological polar surface area (TPSA) is 45.3 Å². The van der Waals surface area contributed by atoms with Crippen molar-refractivity contribution in [2.24, 2.45) is 0 Å². The molecule has 4 heteroatoms. The molecule has 0 radical (unpaired) electrons. The number of fused-ring (bicyclic) bond motifs is 3. The van der Waals surface area contributed by atoms with Crippen molar-refractivity contribution in [2.75, 3.05) is 26.8 Å². The lowest BCUT2D eigenvalue weighted by atomic mass is 10.1. The van der Waals surface area contributed by atoms with Gasteiger partial charge in [0.1, 0.15) is 6.61 Å². The van der Waals surface area contributed by atoms with Crippen LogP contribution in [0.5, 0.6) is 0 Å². The number of nitrogens with one attached hydrogen (secondary N) is 1. The van der Waals surface area contributed by atoms with Crippen LogP contribution in [-0.2, 0) is 22.4 Å². The smallest absolute Gasteiger partial charge is 0.248 e. The summed E-state index contributed by atoms with van der Waals surface area (Å²) >= 11 is 0. The number of aromatic nitrogens is 1. The zero-order valence-electron chi connectivity index (χ0n) is 11.1. The van der Waals surface area contributed by atoms with Crippen molar-refractivity contribution in [3.8, 4) is 0 Å². The van der Waals surface area contributed by atoms with Crippen molar-refractivity contribution >= 4 is 16.8 Å². The number of hydrogen-bond donors (Lipinski definition) is 1. The number of hydrogen-bond acceptors (Lipinski definition) is 2. The van der Waals surface area contributed by atoms with Gasteiger partial charge < -0.3 is 14.6 Å². The molecular weight excluding hydrogens is 240 g/mol. The van der Waals surface area contributed by atoms with E-state index in [4.69, 9.17) is 4.74 Å². The number of para-hydroxylation sites is 1. The molecular formula is C15H18N2O2. The molecule has 0 spiro atoms. The number of carbonyl (C=O) groups is 1. The molecule has 1 aromatic heterocycles. The first-order valence-corrected chi connectivity index (χ1v) is 6.65. The highest BCUT2D eigenvalue weighted by Gasteiger charge is 2.20. The molecule has 2 heterocycles. The van der Waals surface area contributed by atoms with E-state index < -0.39 is 0 Å². The van der Waals surface area contributed by atoms with Gasteiger partial charge in [0.25, 0.3) is 0 Å². The standard InChI is InChI=1S/C15H18N2O2/c1-19-10-15(18)17-8-6-12-11-4-2-3-5-13(11)16-14(12)7-9-17/h2-5,16H,6-10H2,1H3. The van der Waals surface area contributed by atoms with Crippen molar-refractivity contribution < 1.29 is 9.53 Å². The summed E-state index contributed by atoms with van der Waals surface area (Å²) < 4.78 is 4.93. The van der Waals surface area contributed by atoms with Crippen LogP contribution in [0, 0.1) is 0 Å². The summed E-state index contributed by atoms with van der Waals surface area (Å²) in [6.45, 7) is 1.72. The Morgan fingerprint density at radius 1 is 1.32 bits per heavy atom. The predicted molar refractivity (Wildman–Crippen MR) is 74.2 cm³/mol. The predicted octanol–water partition coefficient (Wildman–Crippen LogP) is 1.74.